The molecular weight excluding hydrogens is 279 g/mol. The molecule has 1 fully saturated rings. The lowest BCUT2D eigenvalue weighted by Crippen LogP contribution is -2.28. The van der Waals surface area contributed by atoms with Crippen LogP contribution in [0.5, 0.6) is 0 Å². The second-order valence-corrected chi connectivity index (χ2v) is 5.49. The van der Waals surface area contributed by atoms with Crippen molar-refractivity contribution in [1.82, 2.24) is 5.32 Å². The van der Waals surface area contributed by atoms with Gasteiger partial charge in [0.2, 0.25) is 0 Å². The van der Waals surface area contributed by atoms with E-state index in [9.17, 15) is 13.2 Å². The van der Waals surface area contributed by atoms with Crippen LogP contribution in [0.2, 0.25) is 0 Å². The lowest BCUT2D eigenvalue weighted by Gasteiger charge is -2.29. The van der Waals surface area contributed by atoms with Crippen LogP contribution >= 0.6 is 0 Å². The van der Waals surface area contributed by atoms with Gasteiger partial charge < -0.3 is 10.1 Å². The monoisotopic (exact) mass is 301 g/mol. The molecule has 0 aliphatic carbocycles. The summed E-state index contributed by atoms with van der Waals surface area (Å²) in [6.45, 7) is 4.00. The Morgan fingerprint density at radius 2 is 1.90 bits per heavy atom. The molecule has 1 aliphatic rings. The average molecular weight is 301 g/mol. The first kappa shape index (κ1) is 16.3. The lowest BCUT2D eigenvalue weighted by molar-refractivity contribution is -0.138. The third kappa shape index (κ3) is 4.45. The van der Waals surface area contributed by atoms with Gasteiger partial charge >= 0.3 is 6.18 Å². The lowest BCUT2D eigenvalue weighted by atomic mass is 9.87. The molecule has 118 valence electrons. The van der Waals surface area contributed by atoms with Crippen molar-refractivity contribution in [3.05, 3.63) is 35.4 Å². The predicted molar refractivity (Wildman–Crippen MR) is 76.0 cm³/mol. The van der Waals surface area contributed by atoms with Crippen molar-refractivity contribution in [3.63, 3.8) is 0 Å². The van der Waals surface area contributed by atoms with Gasteiger partial charge in [-0.05, 0) is 43.4 Å². The van der Waals surface area contributed by atoms with Crippen molar-refractivity contribution in [1.29, 1.82) is 0 Å². The van der Waals surface area contributed by atoms with Crippen molar-refractivity contribution in [3.8, 4) is 0 Å². The number of rotatable bonds is 5. The Morgan fingerprint density at radius 3 is 2.52 bits per heavy atom. The normalized spacial score (nSPS) is 18.7. The maximum absolute atomic E-state index is 13.2. The van der Waals surface area contributed by atoms with Crippen LogP contribution in [0.3, 0.4) is 0 Å². The van der Waals surface area contributed by atoms with Crippen LogP contribution in [-0.2, 0) is 10.9 Å². The Bertz CT molecular complexity index is 441. The molecule has 5 heteroatoms. The van der Waals surface area contributed by atoms with Gasteiger partial charge in [-0.25, -0.2) is 0 Å². The Hall–Kier alpha value is -1.07. The summed E-state index contributed by atoms with van der Waals surface area (Å²) >= 11 is 0. The fraction of sp³-hybridized carbons (Fsp3) is 0.625. The molecular formula is C16H22F3NO. The van der Waals surface area contributed by atoms with E-state index in [1.165, 1.54) is 12.1 Å². The van der Waals surface area contributed by atoms with E-state index in [-0.39, 0.29) is 6.04 Å². The minimum absolute atomic E-state index is 0.254. The van der Waals surface area contributed by atoms with Crippen LogP contribution in [0.4, 0.5) is 13.2 Å². The standard InChI is InChI=1S/C16H22F3NO/c1-2-20-15(11-12-7-9-21-10-8-12)13-5-3-4-6-14(13)16(17,18)19/h3-6,12,15,20H,2,7-11H2,1H3. The molecule has 1 unspecified atom stereocenters. The van der Waals surface area contributed by atoms with Crippen LogP contribution in [0.25, 0.3) is 0 Å². The van der Waals surface area contributed by atoms with Crippen LogP contribution in [-0.4, -0.2) is 19.8 Å². The highest BCUT2D eigenvalue weighted by atomic mass is 19.4. The number of nitrogens with one attached hydrogen (secondary N) is 1. The van der Waals surface area contributed by atoms with Gasteiger partial charge in [-0.15, -0.1) is 0 Å². The third-order valence-corrected chi connectivity index (χ3v) is 4.00. The number of alkyl halides is 3. The predicted octanol–water partition coefficient (Wildman–Crippen LogP) is 4.17. The zero-order chi connectivity index (χ0) is 15.3. The van der Waals surface area contributed by atoms with Crippen molar-refractivity contribution < 1.29 is 17.9 Å². The molecule has 2 rings (SSSR count). The molecule has 0 amide bonds. The Kier molecular flexibility index (Phi) is 5.65. The molecule has 1 heterocycles. The number of hydrogen-bond donors (Lipinski definition) is 1. The first-order valence-corrected chi connectivity index (χ1v) is 7.49. The third-order valence-electron chi connectivity index (χ3n) is 4.00. The van der Waals surface area contributed by atoms with E-state index in [0.29, 0.717) is 31.2 Å². The highest BCUT2D eigenvalue weighted by Crippen LogP contribution is 2.37. The highest BCUT2D eigenvalue weighted by molar-refractivity contribution is 5.32. The second kappa shape index (κ2) is 7.27. The summed E-state index contributed by atoms with van der Waals surface area (Å²) in [7, 11) is 0. The molecule has 1 atom stereocenters. The maximum atomic E-state index is 13.2. The van der Waals surface area contributed by atoms with E-state index in [1.807, 2.05) is 6.92 Å². The first-order chi connectivity index (χ1) is 10.0. The quantitative estimate of drug-likeness (QED) is 0.881. The van der Waals surface area contributed by atoms with Crippen molar-refractivity contribution in [2.45, 2.75) is 38.4 Å². The van der Waals surface area contributed by atoms with E-state index in [4.69, 9.17) is 4.74 Å². The molecule has 0 radical (unpaired) electrons. The van der Waals surface area contributed by atoms with Gasteiger partial charge in [-0.3, -0.25) is 0 Å². The molecule has 0 bridgehead atoms. The van der Waals surface area contributed by atoms with E-state index in [1.54, 1.807) is 12.1 Å². The second-order valence-electron chi connectivity index (χ2n) is 5.49. The summed E-state index contributed by atoms with van der Waals surface area (Å²) in [6, 6.07) is 5.64. The van der Waals surface area contributed by atoms with Gasteiger partial charge in [0.25, 0.3) is 0 Å². The summed E-state index contributed by atoms with van der Waals surface area (Å²) < 4.78 is 44.9. The van der Waals surface area contributed by atoms with Crippen molar-refractivity contribution >= 4 is 0 Å². The largest absolute Gasteiger partial charge is 0.416 e. The zero-order valence-corrected chi connectivity index (χ0v) is 12.2. The smallest absolute Gasteiger partial charge is 0.381 e. The van der Waals surface area contributed by atoms with E-state index in [0.717, 1.165) is 19.3 Å². The Morgan fingerprint density at radius 1 is 1.24 bits per heavy atom. The average Bonchev–Trinajstić information content (AvgIpc) is 2.47. The molecule has 1 saturated heterocycles. The number of ether oxygens (including phenoxy) is 1. The molecule has 1 N–H and O–H groups in total. The molecule has 0 aromatic heterocycles. The van der Waals surface area contributed by atoms with Gasteiger partial charge in [-0.1, -0.05) is 25.1 Å². The summed E-state index contributed by atoms with van der Waals surface area (Å²) in [4.78, 5) is 0. The maximum Gasteiger partial charge on any atom is 0.416 e. The van der Waals surface area contributed by atoms with E-state index < -0.39 is 11.7 Å². The SMILES string of the molecule is CCNC(CC1CCOCC1)c1ccccc1C(F)(F)F. The molecule has 0 spiro atoms. The fourth-order valence-electron chi connectivity index (χ4n) is 2.94. The summed E-state index contributed by atoms with van der Waals surface area (Å²) in [5, 5.41) is 3.22. The summed E-state index contributed by atoms with van der Waals surface area (Å²) in [6.07, 6.45) is -1.73. The van der Waals surface area contributed by atoms with Crippen LogP contribution in [0.1, 0.15) is 43.4 Å². The topological polar surface area (TPSA) is 21.3 Å². The minimum atomic E-state index is -4.31. The van der Waals surface area contributed by atoms with Crippen molar-refractivity contribution in [2.24, 2.45) is 5.92 Å². The highest BCUT2D eigenvalue weighted by Gasteiger charge is 2.35. The molecule has 1 aliphatic heterocycles. The zero-order valence-electron chi connectivity index (χ0n) is 12.2. The van der Waals surface area contributed by atoms with E-state index in [2.05, 4.69) is 5.32 Å². The van der Waals surface area contributed by atoms with Crippen LogP contribution in [0.15, 0.2) is 24.3 Å². The number of benzene rings is 1. The van der Waals surface area contributed by atoms with Gasteiger partial charge in [0.15, 0.2) is 0 Å². The van der Waals surface area contributed by atoms with Gasteiger partial charge in [-0.2, -0.15) is 13.2 Å². The fourth-order valence-corrected chi connectivity index (χ4v) is 2.94. The van der Waals surface area contributed by atoms with E-state index >= 15 is 0 Å². The van der Waals surface area contributed by atoms with Gasteiger partial charge in [0.05, 0.1) is 5.56 Å². The minimum Gasteiger partial charge on any atom is -0.381 e. The Labute approximate surface area is 123 Å². The number of halogens is 3. The summed E-state index contributed by atoms with van der Waals surface area (Å²) in [5.74, 6) is 0.420. The van der Waals surface area contributed by atoms with Crippen LogP contribution in [0, 0.1) is 5.92 Å². The Balaban J connectivity index is 2.21. The molecule has 1 aromatic carbocycles. The van der Waals surface area contributed by atoms with Gasteiger partial charge in [0, 0.05) is 19.3 Å². The summed E-state index contributed by atoms with van der Waals surface area (Å²) in [5.41, 5.74) is -0.165. The first-order valence-electron chi connectivity index (χ1n) is 7.49. The molecule has 21 heavy (non-hydrogen) atoms. The van der Waals surface area contributed by atoms with Gasteiger partial charge in [0.1, 0.15) is 0 Å². The molecule has 0 saturated carbocycles. The molecule has 1 aromatic rings. The molecule has 2 nitrogen and oxygen atoms in total. The van der Waals surface area contributed by atoms with Crippen LogP contribution < -0.4 is 5.32 Å². The number of hydrogen-bond acceptors (Lipinski definition) is 2. The van der Waals surface area contributed by atoms with Crippen molar-refractivity contribution in [2.75, 3.05) is 19.8 Å².